The predicted molar refractivity (Wildman–Crippen MR) is 105 cm³/mol. The van der Waals surface area contributed by atoms with E-state index < -0.39 is 6.16 Å². The summed E-state index contributed by atoms with van der Waals surface area (Å²) in [7, 11) is 0. The Kier molecular flexibility index (Phi) is 4.41. The average Bonchev–Trinajstić information content (AvgIpc) is 2.62. The van der Waals surface area contributed by atoms with Crippen LogP contribution in [0.5, 0.6) is 11.5 Å². The van der Waals surface area contributed by atoms with Crippen LogP contribution >= 0.6 is 23.2 Å². The monoisotopic (exact) mass is 382 g/mol. The minimum absolute atomic E-state index is 0.287. The minimum Gasteiger partial charge on any atom is -0.395 e. The summed E-state index contributed by atoms with van der Waals surface area (Å²) < 4.78 is 10.8. The van der Waals surface area contributed by atoms with Crippen LogP contribution in [0.1, 0.15) is 0 Å². The van der Waals surface area contributed by atoms with Crippen LogP contribution in [0, 0.1) is 0 Å². The summed E-state index contributed by atoms with van der Waals surface area (Å²) in [5.41, 5.74) is 0. The lowest BCUT2D eigenvalue weighted by molar-refractivity contribution is 0.153. The van der Waals surface area contributed by atoms with Crippen molar-refractivity contribution in [3.8, 4) is 11.5 Å². The molecule has 0 aliphatic rings. The SMILES string of the molecule is O=C(Oc1ccccc1)Oc1c2c(Cl)cccc2cc2cccc(Cl)c12. The van der Waals surface area contributed by atoms with Crippen LogP contribution in [-0.4, -0.2) is 6.16 Å². The number of hydrogen-bond acceptors (Lipinski definition) is 3. The van der Waals surface area contributed by atoms with Crippen LogP contribution < -0.4 is 9.47 Å². The highest BCUT2D eigenvalue weighted by atomic mass is 35.5. The lowest BCUT2D eigenvalue weighted by Crippen LogP contribution is -2.14. The van der Waals surface area contributed by atoms with Gasteiger partial charge in [0.1, 0.15) is 5.75 Å². The summed E-state index contributed by atoms with van der Waals surface area (Å²) in [6.45, 7) is 0. The van der Waals surface area contributed by atoms with Crippen molar-refractivity contribution >= 4 is 50.9 Å². The Bertz CT molecular complexity index is 1060. The zero-order chi connectivity index (χ0) is 18.1. The molecule has 0 unspecified atom stereocenters. The molecule has 128 valence electrons. The molecule has 5 heteroatoms. The molecule has 0 aliphatic heterocycles. The Morgan fingerprint density at radius 3 is 1.85 bits per heavy atom. The molecule has 4 rings (SSSR count). The summed E-state index contributed by atoms with van der Waals surface area (Å²) in [5.74, 6) is 0.675. The van der Waals surface area contributed by atoms with Crippen molar-refractivity contribution in [2.24, 2.45) is 0 Å². The van der Waals surface area contributed by atoms with E-state index in [4.69, 9.17) is 32.7 Å². The fourth-order valence-electron chi connectivity index (χ4n) is 2.88. The summed E-state index contributed by atoms with van der Waals surface area (Å²) in [6.07, 6.45) is -0.857. The first-order valence-electron chi connectivity index (χ1n) is 7.87. The van der Waals surface area contributed by atoms with E-state index in [0.717, 1.165) is 10.8 Å². The lowest BCUT2D eigenvalue weighted by atomic mass is 10.0. The van der Waals surface area contributed by atoms with Crippen molar-refractivity contribution in [2.75, 3.05) is 0 Å². The Labute approximate surface area is 159 Å². The third-order valence-electron chi connectivity index (χ3n) is 3.99. The Balaban J connectivity index is 1.87. The highest BCUT2D eigenvalue weighted by Crippen LogP contribution is 2.42. The van der Waals surface area contributed by atoms with Crippen LogP contribution in [0.3, 0.4) is 0 Å². The van der Waals surface area contributed by atoms with Gasteiger partial charge >= 0.3 is 6.16 Å². The molecule has 3 nitrogen and oxygen atoms in total. The van der Waals surface area contributed by atoms with E-state index in [-0.39, 0.29) is 5.75 Å². The number of carbonyl (C=O) groups excluding carboxylic acids is 1. The first-order chi connectivity index (χ1) is 12.6. The van der Waals surface area contributed by atoms with E-state index in [9.17, 15) is 4.79 Å². The molecule has 0 fully saturated rings. The van der Waals surface area contributed by atoms with Crippen LogP contribution in [0.2, 0.25) is 10.0 Å². The molecular weight excluding hydrogens is 371 g/mol. The topological polar surface area (TPSA) is 35.5 Å². The molecule has 26 heavy (non-hydrogen) atoms. The number of carbonyl (C=O) groups is 1. The highest BCUT2D eigenvalue weighted by Gasteiger charge is 2.18. The van der Waals surface area contributed by atoms with Gasteiger partial charge < -0.3 is 9.47 Å². The number of hydrogen-bond donors (Lipinski definition) is 0. The Morgan fingerprint density at radius 1 is 0.692 bits per heavy atom. The summed E-state index contributed by atoms with van der Waals surface area (Å²) in [4.78, 5) is 12.4. The van der Waals surface area contributed by atoms with Gasteiger partial charge in [-0.05, 0) is 41.1 Å². The highest BCUT2D eigenvalue weighted by molar-refractivity contribution is 6.39. The van der Waals surface area contributed by atoms with E-state index >= 15 is 0 Å². The second-order valence-corrected chi connectivity index (χ2v) is 6.46. The van der Waals surface area contributed by atoms with E-state index in [0.29, 0.717) is 26.6 Å². The van der Waals surface area contributed by atoms with Crippen molar-refractivity contribution < 1.29 is 14.3 Å². The van der Waals surface area contributed by atoms with Gasteiger partial charge in [-0.2, -0.15) is 0 Å². The molecule has 0 aliphatic carbocycles. The third kappa shape index (κ3) is 3.07. The number of para-hydroxylation sites is 1. The minimum atomic E-state index is -0.857. The van der Waals surface area contributed by atoms with Crippen LogP contribution in [0.25, 0.3) is 21.5 Å². The van der Waals surface area contributed by atoms with Gasteiger partial charge in [-0.1, -0.05) is 65.7 Å². The summed E-state index contributed by atoms with van der Waals surface area (Å²) in [6, 6.07) is 21.6. The Morgan fingerprint density at radius 2 is 1.27 bits per heavy atom. The van der Waals surface area contributed by atoms with Crippen molar-refractivity contribution in [1.29, 1.82) is 0 Å². The molecule has 0 spiro atoms. The molecule has 0 saturated carbocycles. The average molecular weight is 383 g/mol. The molecular formula is C21H12Cl2O3. The van der Waals surface area contributed by atoms with Crippen molar-refractivity contribution in [3.05, 3.63) is 82.8 Å². The van der Waals surface area contributed by atoms with Gasteiger partial charge in [0.25, 0.3) is 0 Å². The van der Waals surface area contributed by atoms with Gasteiger partial charge in [0, 0.05) is 10.8 Å². The maximum Gasteiger partial charge on any atom is 0.519 e. The summed E-state index contributed by atoms with van der Waals surface area (Å²) >= 11 is 12.8. The van der Waals surface area contributed by atoms with Gasteiger partial charge in [-0.25, -0.2) is 4.79 Å². The molecule has 0 atom stereocenters. The van der Waals surface area contributed by atoms with Gasteiger partial charge in [0.05, 0.1) is 10.0 Å². The van der Waals surface area contributed by atoms with E-state index in [1.807, 2.05) is 36.4 Å². The maximum absolute atomic E-state index is 12.4. The Hall–Kier alpha value is -2.75. The molecule has 0 radical (unpaired) electrons. The fourth-order valence-corrected chi connectivity index (χ4v) is 3.42. The van der Waals surface area contributed by atoms with Crippen molar-refractivity contribution in [2.45, 2.75) is 0 Å². The van der Waals surface area contributed by atoms with Gasteiger partial charge in [-0.15, -0.1) is 0 Å². The van der Waals surface area contributed by atoms with Gasteiger partial charge in [0.15, 0.2) is 5.75 Å². The zero-order valence-electron chi connectivity index (χ0n) is 13.4. The first-order valence-corrected chi connectivity index (χ1v) is 8.63. The molecule has 4 aromatic carbocycles. The molecule has 0 amide bonds. The smallest absolute Gasteiger partial charge is 0.395 e. The quantitative estimate of drug-likeness (QED) is 0.215. The second kappa shape index (κ2) is 6.87. The third-order valence-corrected chi connectivity index (χ3v) is 4.62. The summed E-state index contributed by atoms with van der Waals surface area (Å²) in [5, 5.41) is 3.84. The molecule has 0 saturated heterocycles. The molecule has 0 aromatic heterocycles. The number of fused-ring (bicyclic) bond motifs is 2. The van der Waals surface area contributed by atoms with Gasteiger partial charge in [0.2, 0.25) is 0 Å². The lowest BCUT2D eigenvalue weighted by Gasteiger charge is -2.13. The van der Waals surface area contributed by atoms with Crippen LogP contribution in [0.4, 0.5) is 4.79 Å². The zero-order valence-corrected chi connectivity index (χ0v) is 14.9. The number of benzene rings is 4. The number of halogens is 2. The predicted octanol–water partition coefficient (Wildman–Crippen LogP) is 6.88. The van der Waals surface area contributed by atoms with E-state index in [1.165, 1.54) is 0 Å². The maximum atomic E-state index is 12.4. The molecule has 4 aromatic rings. The van der Waals surface area contributed by atoms with Crippen LogP contribution in [-0.2, 0) is 0 Å². The normalized spacial score (nSPS) is 10.8. The van der Waals surface area contributed by atoms with E-state index in [1.54, 1.807) is 36.4 Å². The molecule has 0 N–H and O–H groups in total. The number of ether oxygens (including phenoxy) is 2. The van der Waals surface area contributed by atoms with Crippen LogP contribution in [0.15, 0.2) is 72.8 Å². The van der Waals surface area contributed by atoms with Crippen molar-refractivity contribution in [1.82, 2.24) is 0 Å². The number of rotatable bonds is 2. The van der Waals surface area contributed by atoms with Crippen molar-refractivity contribution in [3.63, 3.8) is 0 Å². The fraction of sp³-hybridized carbons (Fsp3) is 0. The largest absolute Gasteiger partial charge is 0.519 e. The van der Waals surface area contributed by atoms with E-state index in [2.05, 4.69) is 0 Å². The second-order valence-electron chi connectivity index (χ2n) is 5.65. The first kappa shape index (κ1) is 16.7. The molecule has 0 bridgehead atoms. The standard InChI is InChI=1S/C21H12Cl2O3/c22-16-10-4-6-13-12-14-7-5-11-17(23)19(14)20(18(13)16)26-21(24)25-15-8-2-1-3-9-15/h1-12H. The molecule has 0 heterocycles. The van der Waals surface area contributed by atoms with Gasteiger partial charge in [-0.3, -0.25) is 0 Å².